The van der Waals surface area contributed by atoms with Gasteiger partial charge in [0.15, 0.2) is 0 Å². The van der Waals surface area contributed by atoms with E-state index in [9.17, 15) is 12.8 Å². The van der Waals surface area contributed by atoms with Crippen LogP contribution in [0.1, 0.15) is 5.56 Å². The molecule has 0 bridgehead atoms. The van der Waals surface area contributed by atoms with Gasteiger partial charge in [-0.15, -0.1) is 0 Å². The third-order valence-corrected chi connectivity index (χ3v) is 5.28. The van der Waals surface area contributed by atoms with Crippen LogP contribution in [0.25, 0.3) is 0 Å². The summed E-state index contributed by atoms with van der Waals surface area (Å²) < 4.78 is 39.7. The summed E-state index contributed by atoms with van der Waals surface area (Å²) in [6, 6.07) is 10.3. The molecule has 0 unspecified atom stereocenters. The van der Waals surface area contributed by atoms with E-state index in [0.717, 1.165) is 4.31 Å². The summed E-state index contributed by atoms with van der Waals surface area (Å²) in [4.78, 5) is -0.0139. The third-order valence-electron chi connectivity index (χ3n) is 3.05. The summed E-state index contributed by atoms with van der Waals surface area (Å²) in [5, 5.41) is 0.179. The average Bonchev–Trinajstić information content (AvgIpc) is 2.43. The highest BCUT2D eigenvalue weighted by molar-refractivity contribution is 7.89. The topological polar surface area (TPSA) is 63.4 Å². The van der Waals surface area contributed by atoms with Gasteiger partial charge in [-0.3, -0.25) is 0 Å². The van der Waals surface area contributed by atoms with Crippen molar-refractivity contribution in [3.8, 4) is 0 Å². The molecule has 0 fully saturated rings. The molecule has 0 radical (unpaired) electrons. The monoisotopic (exact) mass is 328 g/mol. The maximum absolute atomic E-state index is 13.8. The van der Waals surface area contributed by atoms with Crippen molar-refractivity contribution < 1.29 is 12.8 Å². The molecule has 0 spiro atoms. The number of hydrogen-bond acceptors (Lipinski definition) is 3. The summed E-state index contributed by atoms with van der Waals surface area (Å²) in [5.74, 6) is -0.550. The summed E-state index contributed by atoms with van der Waals surface area (Å²) in [6.07, 6.45) is 0. The van der Waals surface area contributed by atoms with Gasteiger partial charge in [0.25, 0.3) is 0 Å². The number of para-hydroxylation sites is 1. The van der Waals surface area contributed by atoms with E-state index in [0.29, 0.717) is 0 Å². The van der Waals surface area contributed by atoms with E-state index in [2.05, 4.69) is 0 Å². The number of rotatable bonds is 4. The summed E-state index contributed by atoms with van der Waals surface area (Å²) in [5.41, 5.74) is 5.96. The first kappa shape index (κ1) is 15.8. The van der Waals surface area contributed by atoms with Gasteiger partial charge >= 0.3 is 0 Å². The minimum atomic E-state index is -3.82. The molecule has 4 nitrogen and oxygen atoms in total. The quantitative estimate of drug-likeness (QED) is 0.878. The minimum absolute atomic E-state index is 0.0139. The van der Waals surface area contributed by atoms with Gasteiger partial charge in [0.1, 0.15) is 10.7 Å². The van der Waals surface area contributed by atoms with Crippen LogP contribution in [0.5, 0.6) is 0 Å². The van der Waals surface area contributed by atoms with Crippen LogP contribution in [0, 0.1) is 5.82 Å². The molecule has 112 valence electrons. The largest absolute Gasteiger partial charge is 0.398 e. The molecule has 0 aliphatic rings. The van der Waals surface area contributed by atoms with Crippen LogP contribution in [-0.4, -0.2) is 19.8 Å². The molecule has 2 rings (SSSR count). The predicted molar refractivity (Wildman–Crippen MR) is 80.9 cm³/mol. The number of nitrogens with two attached hydrogens (primary N) is 1. The van der Waals surface area contributed by atoms with Gasteiger partial charge in [-0.05, 0) is 24.3 Å². The molecule has 2 aromatic carbocycles. The fraction of sp³-hybridized carbons (Fsp3) is 0.143. The first-order chi connectivity index (χ1) is 9.84. The second kappa shape index (κ2) is 6.01. The fourth-order valence-electron chi connectivity index (χ4n) is 1.87. The molecule has 0 saturated heterocycles. The molecule has 2 N–H and O–H groups in total. The van der Waals surface area contributed by atoms with Crippen LogP contribution in [0.3, 0.4) is 0 Å². The van der Waals surface area contributed by atoms with Crippen molar-refractivity contribution in [3.63, 3.8) is 0 Å². The standard InChI is InChI=1S/C14H14ClFN2O2S/c1-18(9-10-11(15)5-4-6-12(10)16)21(19,20)14-8-3-2-7-13(14)17/h2-8H,9,17H2,1H3. The van der Waals surface area contributed by atoms with E-state index < -0.39 is 15.8 Å². The lowest BCUT2D eigenvalue weighted by Crippen LogP contribution is -2.27. The van der Waals surface area contributed by atoms with Crippen LogP contribution in [0.4, 0.5) is 10.1 Å². The molecule has 2 aromatic rings. The van der Waals surface area contributed by atoms with E-state index in [1.165, 1.54) is 37.4 Å². The Labute approximate surface area is 128 Å². The zero-order valence-corrected chi connectivity index (χ0v) is 12.8. The molecule has 0 aliphatic heterocycles. The molecule has 0 aliphatic carbocycles. The van der Waals surface area contributed by atoms with E-state index in [-0.39, 0.29) is 27.7 Å². The Balaban J connectivity index is 2.36. The van der Waals surface area contributed by atoms with Crippen LogP contribution >= 0.6 is 11.6 Å². The molecule has 0 saturated carbocycles. The Morgan fingerprint density at radius 3 is 2.48 bits per heavy atom. The highest BCUT2D eigenvalue weighted by Crippen LogP contribution is 2.25. The first-order valence-corrected chi connectivity index (χ1v) is 7.89. The Morgan fingerprint density at radius 2 is 1.86 bits per heavy atom. The number of halogens is 2. The Kier molecular flexibility index (Phi) is 4.51. The van der Waals surface area contributed by atoms with Crippen molar-refractivity contribution in [1.29, 1.82) is 0 Å². The average molecular weight is 329 g/mol. The lowest BCUT2D eigenvalue weighted by molar-refractivity contribution is 0.457. The summed E-state index contributed by atoms with van der Waals surface area (Å²) in [7, 11) is -2.47. The smallest absolute Gasteiger partial charge is 0.245 e. The Morgan fingerprint density at radius 1 is 1.19 bits per heavy atom. The molecular weight excluding hydrogens is 315 g/mol. The maximum atomic E-state index is 13.8. The third kappa shape index (κ3) is 3.18. The fourth-order valence-corrected chi connectivity index (χ4v) is 3.35. The molecule has 21 heavy (non-hydrogen) atoms. The number of hydrogen-bond donors (Lipinski definition) is 1. The molecular formula is C14H14ClFN2O2S. The maximum Gasteiger partial charge on any atom is 0.245 e. The van der Waals surface area contributed by atoms with E-state index in [4.69, 9.17) is 17.3 Å². The van der Waals surface area contributed by atoms with Crippen molar-refractivity contribution in [2.24, 2.45) is 0 Å². The number of anilines is 1. The van der Waals surface area contributed by atoms with Crippen molar-refractivity contribution in [2.45, 2.75) is 11.4 Å². The van der Waals surface area contributed by atoms with Crippen LogP contribution in [0.15, 0.2) is 47.4 Å². The number of nitrogen functional groups attached to an aromatic ring is 1. The van der Waals surface area contributed by atoms with Crippen LogP contribution < -0.4 is 5.73 Å². The molecule has 0 amide bonds. The van der Waals surface area contributed by atoms with Gasteiger partial charge in [0, 0.05) is 24.2 Å². The molecule has 0 heterocycles. The number of benzene rings is 2. The lowest BCUT2D eigenvalue weighted by Gasteiger charge is -2.19. The first-order valence-electron chi connectivity index (χ1n) is 6.08. The van der Waals surface area contributed by atoms with Crippen molar-refractivity contribution in [3.05, 3.63) is 58.9 Å². The van der Waals surface area contributed by atoms with Crippen LogP contribution in [0.2, 0.25) is 5.02 Å². The number of sulfonamides is 1. The second-order valence-corrected chi connectivity index (χ2v) is 6.92. The zero-order chi connectivity index (χ0) is 15.6. The van der Waals surface area contributed by atoms with E-state index in [1.807, 2.05) is 0 Å². The lowest BCUT2D eigenvalue weighted by atomic mass is 10.2. The Bertz CT molecular complexity index is 745. The second-order valence-electron chi connectivity index (χ2n) is 4.50. The highest BCUT2D eigenvalue weighted by atomic mass is 35.5. The van der Waals surface area contributed by atoms with Gasteiger partial charge in [-0.1, -0.05) is 29.8 Å². The van der Waals surface area contributed by atoms with Crippen molar-refractivity contribution in [2.75, 3.05) is 12.8 Å². The molecule has 7 heteroatoms. The van der Waals surface area contributed by atoms with Gasteiger partial charge in [-0.2, -0.15) is 4.31 Å². The zero-order valence-electron chi connectivity index (χ0n) is 11.3. The van der Waals surface area contributed by atoms with Gasteiger partial charge < -0.3 is 5.73 Å². The Hall–Kier alpha value is -1.63. The van der Waals surface area contributed by atoms with Crippen molar-refractivity contribution in [1.82, 2.24) is 4.31 Å². The minimum Gasteiger partial charge on any atom is -0.398 e. The molecule has 0 aromatic heterocycles. The van der Waals surface area contributed by atoms with E-state index >= 15 is 0 Å². The van der Waals surface area contributed by atoms with Gasteiger partial charge in [0.2, 0.25) is 10.0 Å². The van der Waals surface area contributed by atoms with E-state index in [1.54, 1.807) is 12.1 Å². The summed E-state index contributed by atoms with van der Waals surface area (Å²) >= 11 is 5.91. The van der Waals surface area contributed by atoms with Crippen LogP contribution in [-0.2, 0) is 16.6 Å². The van der Waals surface area contributed by atoms with Crippen molar-refractivity contribution >= 4 is 27.3 Å². The normalized spacial score (nSPS) is 11.8. The number of nitrogens with zero attached hydrogens (tertiary/aromatic N) is 1. The molecule has 0 atom stereocenters. The van der Waals surface area contributed by atoms with Gasteiger partial charge in [-0.25, -0.2) is 12.8 Å². The summed E-state index contributed by atoms with van der Waals surface area (Å²) in [6.45, 7) is -0.178. The predicted octanol–water partition coefficient (Wildman–Crippen LogP) is 2.88. The SMILES string of the molecule is CN(Cc1c(F)cccc1Cl)S(=O)(=O)c1ccccc1N. The highest BCUT2D eigenvalue weighted by Gasteiger charge is 2.24. The van der Waals surface area contributed by atoms with Gasteiger partial charge in [0.05, 0.1) is 5.69 Å².